The molecule has 2 fully saturated rings. The van der Waals surface area contributed by atoms with E-state index in [2.05, 4.69) is 34.3 Å². The summed E-state index contributed by atoms with van der Waals surface area (Å²) in [5.41, 5.74) is 1.36. The molecule has 0 spiro atoms. The fourth-order valence-electron chi connectivity index (χ4n) is 4.99. The number of fused-ring (bicyclic) bond motifs is 2. The van der Waals surface area contributed by atoms with Gasteiger partial charge >= 0.3 is 22.4 Å². The summed E-state index contributed by atoms with van der Waals surface area (Å²) in [6, 6.07) is 9.53. The van der Waals surface area contributed by atoms with Crippen molar-refractivity contribution in [1.82, 2.24) is 9.80 Å². The molecule has 4 atom stereocenters. The van der Waals surface area contributed by atoms with E-state index in [1.807, 2.05) is 12.1 Å². The predicted molar refractivity (Wildman–Crippen MR) is 122 cm³/mol. The Kier molecular flexibility index (Phi) is 11.9. The molecule has 1 aromatic rings. The van der Waals surface area contributed by atoms with Gasteiger partial charge in [0.2, 0.25) is 0 Å². The molecule has 2 heterocycles. The van der Waals surface area contributed by atoms with Crippen LogP contribution in [0.5, 0.6) is 0 Å². The first-order chi connectivity index (χ1) is 14.5. The number of amides is 1. The molecule has 30 heavy (non-hydrogen) atoms. The molecule has 0 saturated carbocycles. The Morgan fingerprint density at radius 3 is 2.57 bits per heavy atom. The van der Waals surface area contributed by atoms with Crippen LogP contribution in [0.1, 0.15) is 30.7 Å². The first kappa shape index (κ1) is 26.3. The molecular formula is C21H29ClN3O2S2Tc+. The summed E-state index contributed by atoms with van der Waals surface area (Å²) in [5.74, 6) is 1.99. The summed E-state index contributed by atoms with van der Waals surface area (Å²) in [7, 11) is 2.26. The molecule has 2 bridgehead atoms. The SMILES string of the molecule is CN1C2CCC1[C@@H](CN(CC[S-])CC(=O)[N-]CC[S-])[C@@H](c1ccc(Cl)cc1)C2.[O]=[99Tc+4]. The van der Waals surface area contributed by atoms with Crippen molar-refractivity contribution in [3.8, 4) is 0 Å². The number of carbonyl (C=O) groups excluding carboxylic acids is 1. The number of hydrogen-bond acceptors (Lipinski definition) is 6. The van der Waals surface area contributed by atoms with Crippen molar-refractivity contribution < 1.29 is 27.2 Å². The second-order valence-corrected chi connectivity index (χ2v) is 9.19. The Labute approximate surface area is 206 Å². The second kappa shape index (κ2) is 13.6. The molecule has 1 aromatic carbocycles. The van der Waals surface area contributed by atoms with Crippen LogP contribution in [0.2, 0.25) is 5.02 Å². The average Bonchev–Trinajstić information content (AvgIpc) is 2.99. The zero-order valence-electron chi connectivity index (χ0n) is 17.2. The molecular weight excluding hydrogens is 525 g/mol. The van der Waals surface area contributed by atoms with Crippen molar-refractivity contribution in [2.75, 3.05) is 44.7 Å². The van der Waals surface area contributed by atoms with Crippen molar-refractivity contribution in [3.63, 3.8) is 0 Å². The fraction of sp³-hybridized carbons (Fsp3) is 0.667. The molecule has 1 amide bonds. The van der Waals surface area contributed by atoms with Gasteiger partial charge in [0.1, 0.15) is 0 Å². The van der Waals surface area contributed by atoms with E-state index < -0.39 is 0 Å². The van der Waals surface area contributed by atoms with Crippen molar-refractivity contribution >= 4 is 42.8 Å². The summed E-state index contributed by atoms with van der Waals surface area (Å²) in [6.45, 7) is 2.39. The Balaban J connectivity index is 0.00000155. The number of benzene rings is 1. The van der Waals surface area contributed by atoms with Gasteiger partial charge < -0.3 is 40.3 Å². The van der Waals surface area contributed by atoms with Crippen LogP contribution in [-0.2, 0) is 52.4 Å². The van der Waals surface area contributed by atoms with Gasteiger partial charge in [0.15, 0.2) is 0 Å². The van der Waals surface area contributed by atoms with Gasteiger partial charge in [0, 0.05) is 30.2 Å². The van der Waals surface area contributed by atoms with Crippen LogP contribution in [0.15, 0.2) is 24.3 Å². The Hall–Kier alpha value is 0.0494. The standard InChI is InChI=1S/C21H32ClN3OS2.O.Tc/c1-24-17-6-7-20(24)19(18(12-17)15-2-4-16(22)5-3-15)13-25(9-11-28)14-21(26)23-8-10-27;;/h2-5,17-20H,6-14H2,1H3,(H3,23,26,27,28);;/q;;+4/p-3/t17?,18-,19+,20?;;/m1../s1/i;;1+1. The van der Waals surface area contributed by atoms with Crippen LogP contribution >= 0.6 is 11.6 Å². The molecule has 0 radical (unpaired) electrons. The third-order valence-corrected chi connectivity index (χ3v) is 6.96. The predicted octanol–water partition coefficient (Wildman–Crippen LogP) is 3.08. The van der Waals surface area contributed by atoms with Crippen molar-refractivity contribution in [1.29, 1.82) is 0 Å². The van der Waals surface area contributed by atoms with Crippen LogP contribution < -0.4 is 0 Å². The topological polar surface area (TPSA) is 54.7 Å². The molecule has 0 aliphatic carbocycles. The van der Waals surface area contributed by atoms with Gasteiger partial charge in [-0.25, -0.2) is 0 Å². The van der Waals surface area contributed by atoms with Gasteiger partial charge in [0.05, 0.1) is 5.91 Å². The number of halogens is 1. The zero-order valence-corrected chi connectivity index (χ0v) is 21.5. The van der Waals surface area contributed by atoms with Gasteiger partial charge in [-0.2, -0.15) is 18.1 Å². The van der Waals surface area contributed by atoms with Crippen LogP contribution in [0.3, 0.4) is 0 Å². The summed E-state index contributed by atoms with van der Waals surface area (Å²) in [4.78, 5) is 17.0. The summed E-state index contributed by atoms with van der Waals surface area (Å²) >= 11 is 17.2. The van der Waals surface area contributed by atoms with E-state index >= 15 is 0 Å². The molecule has 2 saturated heterocycles. The first-order valence-electron chi connectivity index (χ1n) is 10.2. The van der Waals surface area contributed by atoms with Crippen LogP contribution in [-0.4, -0.2) is 72.5 Å². The number of rotatable bonds is 9. The molecule has 2 aliphatic rings. The van der Waals surface area contributed by atoms with Crippen molar-refractivity contribution in [3.05, 3.63) is 40.2 Å². The maximum atomic E-state index is 12.2. The van der Waals surface area contributed by atoms with Gasteiger partial charge in [-0.1, -0.05) is 23.7 Å². The van der Waals surface area contributed by atoms with E-state index in [0.29, 0.717) is 48.5 Å². The van der Waals surface area contributed by atoms with Crippen molar-refractivity contribution in [2.24, 2.45) is 5.92 Å². The van der Waals surface area contributed by atoms with E-state index in [-0.39, 0.29) is 5.91 Å². The monoisotopic (exact) mass is 553 g/mol. The van der Waals surface area contributed by atoms with E-state index in [0.717, 1.165) is 43.4 Å². The van der Waals surface area contributed by atoms with Crippen LogP contribution in [0.4, 0.5) is 0 Å². The molecule has 2 aliphatic heterocycles. The summed E-state index contributed by atoms with van der Waals surface area (Å²) in [5, 5.41) is 4.84. The maximum absolute atomic E-state index is 12.2. The Morgan fingerprint density at radius 1 is 1.23 bits per heavy atom. The third-order valence-electron chi connectivity index (χ3n) is 6.34. The molecule has 2 unspecified atom stereocenters. The van der Waals surface area contributed by atoms with E-state index in [1.54, 1.807) is 0 Å². The van der Waals surface area contributed by atoms with E-state index in [4.69, 9.17) is 40.4 Å². The minimum absolute atomic E-state index is 0.0789. The molecule has 5 nitrogen and oxygen atoms in total. The van der Waals surface area contributed by atoms with Crippen molar-refractivity contribution in [2.45, 2.75) is 37.3 Å². The van der Waals surface area contributed by atoms with E-state index in [1.165, 1.54) is 18.4 Å². The second-order valence-electron chi connectivity index (χ2n) is 7.94. The summed E-state index contributed by atoms with van der Waals surface area (Å²) in [6.07, 6.45) is 3.65. The first-order valence-corrected chi connectivity index (χ1v) is 12.5. The molecule has 0 N–H and O–H groups in total. The number of piperidine rings is 1. The normalized spacial score (nSPS) is 25.7. The quantitative estimate of drug-likeness (QED) is 0.438. The third kappa shape index (κ3) is 7.03. The Bertz CT molecular complexity index is 670. The molecule has 3 rings (SSSR count). The fourth-order valence-corrected chi connectivity index (χ4v) is 5.47. The number of nitrogens with zero attached hydrogens (tertiary/aromatic N) is 3. The zero-order chi connectivity index (χ0) is 22.1. The van der Waals surface area contributed by atoms with E-state index in [9.17, 15) is 4.79 Å². The number of hydrogen-bond donors (Lipinski definition) is 0. The van der Waals surface area contributed by atoms with Gasteiger partial charge in [-0.05, 0) is 62.4 Å². The summed E-state index contributed by atoms with van der Waals surface area (Å²) < 4.78 is 8.22. The molecule has 9 heteroatoms. The Morgan fingerprint density at radius 2 is 1.93 bits per heavy atom. The van der Waals surface area contributed by atoms with Crippen LogP contribution in [0.25, 0.3) is 5.32 Å². The average molecular weight is 554 g/mol. The minimum atomic E-state index is -0.0789. The molecule has 165 valence electrons. The van der Waals surface area contributed by atoms with Gasteiger partial charge in [0.25, 0.3) is 0 Å². The number of carbonyl (C=O) groups is 1. The van der Waals surface area contributed by atoms with Gasteiger partial charge in [-0.15, -0.1) is 0 Å². The van der Waals surface area contributed by atoms with Gasteiger partial charge in [-0.3, -0.25) is 4.90 Å². The molecule has 0 aromatic heterocycles. The van der Waals surface area contributed by atoms with Crippen LogP contribution in [0, 0.1) is 5.92 Å².